The smallest absolute Gasteiger partial charge is 0.310 e. The first-order valence-corrected chi connectivity index (χ1v) is 7.88. The maximum atomic E-state index is 12.8. The molecule has 1 aliphatic rings. The van der Waals surface area contributed by atoms with Gasteiger partial charge in [0, 0.05) is 6.42 Å². The molecule has 2 aromatic heterocycles. The number of rotatable bonds is 4. The third-order valence-electron chi connectivity index (χ3n) is 4.15. The number of hydrogen-bond acceptors (Lipinski definition) is 5. The molecule has 4 rings (SSSR count). The van der Waals surface area contributed by atoms with Crippen LogP contribution >= 0.6 is 0 Å². The zero-order valence-corrected chi connectivity index (χ0v) is 13.6. The van der Waals surface area contributed by atoms with E-state index in [2.05, 4.69) is 5.10 Å². The minimum Gasteiger partial charge on any atom is -0.497 e. The van der Waals surface area contributed by atoms with Gasteiger partial charge in [-0.1, -0.05) is 0 Å². The number of carbonyl (C=O) groups is 1. The van der Waals surface area contributed by atoms with Crippen LogP contribution in [0.5, 0.6) is 5.75 Å². The number of carbonyl (C=O) groups excluding carboxylic acids is 1. The van der Waals surface area contributed by atoms with Gasteiger partial charge in [-0.15, -0.1) is 0 Å². The fourth-order valence-electron chi connectivity index (χ4n) is 2.87. The number of methoxy groups -OCH3 is 1. The molecule has 3 aromatic rings. The average Bonchev–Trinajstić information content (AvgIpc) is 3.42. The highest BCUT2D eigenvalue weighted by Crippen LogP contribution is 2.34. The molecule has 126 valence electrons. The van der Waals surface area contributed by atoms with E-state index in [1.807, 2.05) is 30.3 Å². The van der Waals surface area contributed by atoms with E-state index in [0.29, 0.717) is 12.2 Å². The molecule has 1 aromatic carbocycles. The van der Waals surface area contributed by atoms with Crippen molar-refractivity contribution in [1.29, 1.82) is 0 Å². The van der Waals surface area contributed by atoms with Crippen molar-refractivity contribution in [1.82, 2.24) is 5.01 Å². The van der Waals surface area contributed by atoms with Crippen molar-refractivity contribution < 1.29 is 18.4 Å². The van der Waals surface area contributed by atoms with E-state index in [4.69, 9.17) is 13.6 Å². The first-order valence-electron chi connectivity index (χ1n) is 7.88. The molecular formula is C19H16N2O4. The Labute approximate surface area is 144 Å². The van der Waals surface area contributed by atoms with E-state index in [1.165, 1.54) is 11.3 Å². The minimum atomic E-state index is -0.301. The first-order chi connectivity index (χ1) is 12.3. The molecule has 0 N–H and O–H groups in total. The van der Waals surface area contributed by atoms with Gasteiger partial charge < -0.3 is 13.6 Å². The van der Waals surface area contributed by atoms with E-state index >= 15 is 0 Å². The number of nitrogens with zero attached hydrogens (tertiary/aromatic N) is 2. The lowest BCUT2D eigenvalue weighted by molar-refractivity contribution is 0.0660. The second-order valence-corrected chi connectivity index (χ2v) is 5.64. The molecular weight excluding hydrogens is 320 g/mol. The molecule has 0 bridgehead atoms. The summed E-state index contributed by atoms with van der Waals surface area (Å²) in [5.41, 5.74) is 1.75. The Kier molecular flexibility index (Phi) is 3.85. The maximum Gasteiger partial charge on any atom is 0.310 e. The van der Waals surface area contributed by atoms with Gasteiger partial charge in [-0.05, 0) is 54.1 Å². The Bertz CT molecular complexity index is 880. The number of benzene rings is 1. The van der Waals surface area contributed by atoms with Crippen LogP contribution in [0.15, 0.2) is 75.0 Å². The van der Waals surface area contributed by atoms with Gasteiger partial charge in [-0.25, -0.2) is 5.01 Å². The zero-order valence-electron chi connectivity index (χ0n) is 13.6. The molecule has 0 aliphatic carbocycles. The summed E-state index contributed by atoms with van der Waals surface area (Å²) in [7, 11) is 1.62. The Hall–Kier alpha value is -3.28. The van der Waals surface area contributed by atoms with Crippen LogP contribution in [-0.4, -0.2) is 23.7 Å². The molecule has 0 unspecified atom stereocenters. The molecule has 3 heterocycles. The van der Waals surface area contributed by atoms with Crippen molar-refractivity contribution in [2.45, 2.75) is 12.5 Å². The molecule has 0 radical (unpaired) electrons. The number of ether oxygens (including phenoxy) is 1. The van der Waals surface area contributed by atoms with Crippen LogP contribution in [0.2, 0.25) is 0 Å². The highest BCUT2D eigenvalue weighted by molar-refractivity contribution is 6.04. The van der Waals surface area contributed by atoms with Crippen LogP contribution in [0, 0.1) is 0 Å². The van der Waals surface area contributed by atoms with Crippen LogP contribution < -0.4 is 4.74 Å². The van der Waals surface area contributed by atoms with Gasteiger partial charge in [0.1, 0.15) is 17.6 Å². The van der Waals surface area contributed by atoms with Crippen molar-refractivity contribution in [2.24, 2.45) is 5.10 Å². The Morgan fingerprint density at radius 1 is 1.12 bits per heavy atom. The van der Waals surface area contributed by atoms with Crippen LogP contribution in [0.1, 0.15) is 34.3 Å². The molecule has 1 atom stereocenters. The maximum absolute atomic E-state index is 12.8. The lowest BCUT2D eigenvalue weighted by Gasteiger charge is -2.18. The summed E-state index contributed by atoms with van der Waals surface area (Å²) in [5.74, 6) is 1.41. The van der Waals surface area contributed by atoms with Crippen molar-refractivity contribution >= 4 is 11.6 Å². The molecule has 1 aliphatic heterocycles. The number of amides is 1. The third kappa shape index (κ3) is 2.82. The van der Waals surface area contributed by atoms with Gasteiger partial charge in [-0.2, -0.15) is 5.10 Å². The van der Waals surface area contributed by atoms with Gasteiger partial charge >= 0.3 is 5.91 Å². The summed E-state index contributed by atoms with van der Waals surface area (Å²) in [6.45, 7) is 0. The summed E-state index contributed by atoms with van der Waals surface area (Å²) in [5, 5.41) is 5.97. The predicted octanol–water partition coefficient (Wildman–Crippen LogP) is 3.87. The topological polar surface area (TPSA) is 68.2 Å². The number of hydrogen-bond donors (Lipinski definition) is 0. The molecule has 6 nitrogen and oxygen atoms in total. The van der Waals surface area contributed by atoms with Gasteiger partial charge in [0.15, 0.2) is 5.76 Å². The SMILES string of the molecule is COc1ccc(C2=NN(C(=O)c3ccco3)[C@H](c3ccco3)C2)cc1. The highest BCUT2D eigenvalue weighted by atomic mass is 16.5. The summed E-state index contributed by atoms with van der Waals surface area (Å²) < 4.78 is 15.9. The average molecular weight is 336 g/mol. The fourth-order valence-corrected chi connectivity index (χ4v) is 2.87. The molecule has 6 heteroatoms. The quantitative estimate of drug-likeness (QED) is 0.725. The van der Waals surface area contributed by atoms with Gasteiger partial charge in [0.25, 0.3) is 0 Å². The van der Waals surface area contributed by atoms with Gasteiger partial charge in [0.2, 0.25) is 0 Å². The molecule has 0 fully saturated rings. The second kappa shape index (κ2) is 6.32. The second-order valence-electron chi connectivity index (χ2n) is 5.64. The monoisotopic (exact) mass is 336 g/mol. The van der Waals surface area contributed by atoms with Gasteiger partial charge in [0.05, 0.1) is 25.3 Å². The Balaban J connectivity index is 1.68. The molecule has 0 spiro atoms. The summed E-state index contributed by atoms with van der Waals surface area (Å²) >= 11 is 0. The summed E-state index contributed by atoms with van der Waals surface area (Å²) in [4.78, 5) is 12.8. The van der Waals surface area contributed by atoms with E-state index in [9.17, 15) is 4.79 Å². The predicted molar refractivity (Wildman–Crippen MR) is 90.5 cm³/mol. The van der Waals surface area contributed by atoms with Crippen molar-refractivity contribution in [2.75, 3.05) is 7.11 Å². The Morgan fingerprint density at radius 2 is 1.88 bits per heavy atom. The third-order valence-corrected chi connectivity index (χ3v) is 4.15. The first kappa shape index (κ1) is 15.3. The lowest BCUT2D eigenvalue weighted by Crippen LogP contribution is -2.26. The highest BCUT2D eigenvalue weighted by Gasteiger charge is 2.36. The van der Waals surface area contributed by atoms with E-state index in [1.54, 1.807) is 31.6 Å². The van der Waals surface area contributed by atoms with Crippen LogP contribution in [0.25, 0.3) is 0 Å². The largest absolute Gasteiger partial charge is 0.497 e. The van der Waals surface area contributed by atoms with Crippen LogP contribution in [0.3, 0.4) is 0 Å². The van der Waals surface area contributed by atoms with Crippen molar-refractivity contribution in [3.8, 4) is 5.75 Å². The number of hydrazone groups is 1. The van der Waals surface area contributed by atoms with Crippen LogP contribution in [0.4, 0.5) is 0 Å². The van der Waals surface area contributed by atoms with E-state index in [0.717, 1.165) is 17.0 Å². The molecule has 25 heavy (non-hydrogen) atoms. The molecule has 0 saturated carbocycles. The fraction of sp³-hybridized carbons (Fsp3) is 0.158. The van der Waals surface area contributed by atoms with Gasteiger partial charge in [-0.3, -0.25) is 4.79 Å². The van der Waals surface area contributed by atoms with E-state index in [-0.39, 0.29) is 17.7 Å². The van der Waals surface area contributed by atoms with Crippen molar-refractivity contribution in [3.05, 3.63) is 78.1 Å². The Morgan fingerprint density at radius 3 is 2.52 bits per heavy atom. The van der Waals surface area contributed by atoms with E-state index < -0.39 is 0 Å². The number of furan rings is 2. The normalized spacial score (nSPS) is 16.8. The zero-order chi connectivity index (χ0) is 17.2. The minimum absolute atomic E-state index is 0.247. The standard InChI is InChI=1S/C19H16N2O4/c1-23-14-8-6-13(7-9-14)15-12-16(17-4-2-10-24-17)21(20-15)19(22)18-5-3-11-25-18/h2-11,16H,12H2,1H3/t16-/m0/s1. The lowest BCUT2D eigenvalue weighted by atomic mass is 10.0. The van der Waals surface area contributed by atoms with Crippen LogP contribution in [-0.2, 0) is 0 Å². The summed E-state index contributed by atoms with van der Waals surface area (Å²) in [6, 6.07) is 14.3. The molecule has 1 amide bonds. The van der Waals surface area contributed by atoms with Crippen molar-refractivity contribution in [3.63, 3.8) is 0 Å². The molecule has 0 saturated heterocycles. The summed E-state index contributed by atoms with van der Waals surface area (Å²) in [6.07, 6.45) is 3.63.